The Morgan fingerprint density at radius 1 is 0.931 bits per heavy atom. The van der Waals surface area contributed by atoms with Gasteiger partial charge in [-0.1, -0.05) is 24.3 Å². The molecule has 0 aliphatic rings. The first-order chi connectivity index (χ1) is 13.9. The molecule has 1 amide bonds. The Balaban J connectivity index is 1.64. The van der Waals surface area contributed by atoms with Crippen LogP contribution in [0, 0.1) is 5.82 Å². The number of sulfonamides is 1. The van der Waals surface area contributed by atoms with E-state index in [0.29, 0.717) is 16.6 Å². The number of halogens is 1. The molecule has 0 aliphatic carbocycles. The zero-order chi connectivity index (χ0) is 20.4. The van der Waals surface area contributed by atoms with Crippen molar-refractivity contribution in [1.29, 1.82) is 0 Å². The first-order valence-electron chi connectivity index (χ1n) is 8.55. The predicted molar refractivity (Wildman–Crippen MR) is 108 cm³/mol. The lowest BCUT2D eigenvalue weighted by Crippen LogP contribution is -2.14. The number of hydrogen-bond donors (Lipinski definition) is 3. The van der Waals surface area contributed by atoms with Crippen molar-refractivity contribution >= 4 is 38.2 Å². The molecular weight excluding hydrogens is 395 g/mol. The van der Waals surface area contributed by atoms with Crippen molar-refractivity contribution in [3.05, 3.63) is 84.3 Å². The number of rotatable bonds is 5. The Bertz CT molecular complexity index is 1300. The quantitative estimate of drug-likeness (QED) is 0.466. The van der Waals surface area contributed by atoms with E-state index in [1.165, 1.54) is 24.3 Å². The summed E-state index contributed by atoms with van der Waals surface area (Å²) in [5.41, 5.74) is 1.51. The summed E-state index contributed by atoms with van der Waals surface area (Å²) >= 11 is 0. The van der Waals surface area contributed by atoms with E-state index >= 15 is 0 Å². The predicted octanol–water partition coefficient (Wildman–Crippen LogP) is 3.76. The second kappa shape index (κ2) is 7.36. The molecule has 0 unspecified atom stereocenters. The SMILES string of the molecule is O=C(Nc1ccccc1)c1n[nH]c2ccc(NS(=O)(=O)c3cccc(F)c3)cc12. The third kappa shape index (κ3) is 3.94. The Morgan fingerprint density at radius 3 is 2.48 bits per heavy atom. The van der Waals surface area contributed by atoms with E-state index in [9.17, 15) is 17.6 Å². The minimum absolute atomic E-state index is 0.121. The fraction of sp³-hybridized carbons (Fsp3) is 0. The Morgan fingerprint density at radius 2 is 1.72 bits per heavy atom. The highest BCUT2D eigenvalue weighted by atomic mass is 32.2. The highest BCUT2D eigenvalue weighted by Gasteiger charge is 2.18. The van der Waals surface area contributed by atoms with Gasteiger partial charge >= 0.3 is 0 Å². The zero-order valence-electron chi connectivity index (χ0n) is 14.9. The Hall–Kier alpha value is -3.72. The van der Waals surface area contributed by atoms with Gasteiger partial charge in [-0.25, -0.2) is 12.8 Å². The Kier molecular flexibility index (Phi) is 4.73. The molecule has 0 bridgehead atoms. The monoisotopic (exact) mass is 410 g/mol. The number of benzene rings is 3. The molecule has 9 heteroatoms. The van der Waals surface area contributed by atoms with Gasteiger partial charge in [0.25, 0.3) is 15.9 Å². The number of hydrogen-bond acceptors (Lipinski definition) is 4. The smallest absolute Gasteiger partial charge is 0.276 e. The van der Waals surface area contributed by atoms with E-state index in [2.05, 4.69) is 20.2 Å². The van der Waals surface area contributed by atoms with E-state index < -0.39 is 21.7 Å². The molecule has 1 heterocycles. The molecular formula is C20H15FN4O3S. The van der Waals surface area contributed by atoms with Gasteiger partial charge in [-0.2, -0.15) is 5.10 Å². The van der Waals surface area contributed by atoms with Gasteiger partial charge in [0.05, 0.1) is 10.4 Å². The van der Waals surface area contributed by atoms with Crippen LogP contribution in [0.3, 0.4) is 0 Å². The van der Waals surface area contributed by atoms with Crippen LogP contribution in [-0.2, 0) is 10.0 Å². The zero-order valence-corrected chi connectivity index (χ0v) is 15.7. The molecule has 4 aromatic rings. The lowest BCUT2D eigenvalue weighted by Gasteiger charge is -2.08. The normalized spacial score (nSPS) is 11.3. The maximum absolute atomic E-state index is 13.4. The summed E-state index contributed by atoms with van der Waals surface area (Å²) in [5.74, 6) is -1.09. The number of amides is 1. The van der Waals surface area contributed by atoms with Crippen LogP contribution in [0.25, 0.3) is 10.9 Å². The molecule has 4 rings (SSSR count). The average Bonchev–Trinajstić information content (AvgIpc) is 3.12. The average molecular weight is 410 g/mol. The summed E-state index contributed by atoms with van der Waals surface area (Å²) in [6.07, 6.45) is 0. The number of nitrogens with zero attached hydrogens (tertiary/aromatic N) is 1. The number of aromatic amines is 1. The maximum Gasteiger partial charge on any atom is 0.276 e. The van der Waals surface area contributed by atoms with Crippen LogP contribution in [0.15, 0.2) is 77.7 Å². The largest absolute Gasteiger partial charge is 0.321 e. The van der Waals surface area contributed by atoms with Crippen molar-refractivity contribution in [3.63, 3.8) is 0 Å². The van der Waals surface area contributed by atoms with Crippen molar-refractivity contribution in [2.75, 3.05) is 10.0 Å². The lowest BCUT2D eigenvalue weighted by molar-refractivity contribution is 0.102. The highest BCUT2D eigenvalue weighted by Crippen LogP contribution is 2.24. The van der Waals surface area contributed by atoms with Gasteiger partial charge in [-0.05, 0) is 48.5 Å². The van der Waals surface area contributed by atoms with Crippen LogP contribution in [0.5, 0.6) is 0 Å². The molecule has 1 aromatic heterocycles. The maximum atomic E-state index is 13.4. The summed E-state index contributed by atoms with van der Waals surface area (Å²) in [4.78, 5) is 12.4. The first kappa shape index (κ1) is 18.6. The molecule has 3 N–H and O–H groups in total. The summed E-state index contributed by atoms with van der Waals surface area (Å²) in [6.45, 7) is 0. The van der Waals surface area contributed by atoms with E-state index in [4.69, 9.17) is 0 Å². The lowest BCUT2D eigenvalue weighted by atomic mass is 10.2. The minimum atomic E-state index is -3.99. The third-order valence-electron chi connectivity index (χ3n) is 4.17. The summed E-state index contributed by atoms with van der Waals surface area (Å²) in [6, 6.07) is 18.2. The summed E-state index contributed by atoms with van der Waals surface area (Å²) in [7, 11) is -3.99. The Labute approximate surface area is 165 Å². The molecule has 0 saturated heterocycles. The molecule has 146 valence electrons. The van der Waals surface area contributed by atoms with Crippen LogP contribution < -0.4 is 10.0 Å². The van der Waals surface area contributed by atoms with Crippen molar-refractivity contribution in [2.24, 2.45) is 0 Å². The first-order valence-corrected chi connectivity index (χ1v) is 10.0. The standard InChI is InChI=1S/C20H15FN4O3S/c21-13-5-4-8-16(11-13)29(27,28)25-15-9-10-18-17(12-15)19(24-23-18)20(26)22-14-6-2-1-3-7-14/h1-12,25H,(H,22,26)(H,23,24). The van der Waals surface area contributed by atoms with E-state index in [1.807, 2.05) is 6.07 Å². The number of carbonyl (C=O) groups excluding carboxylic acids is 1. The van der Waals surface area contributed by atoms with Gasteiger partial charge in [0.2, 0.25) is 0 Å². The fourth-order valence-corrected chi connectivity index (χ4v) is 3.89. The number of fused-ring (bicyclic) bond motifs is 1. The number of para-hydroxylation sites is 1. The van der Waals surface area contributed by atoms with Gasteiger partial charge in [0.15, 0.2) is 5.69 Å². The summed E-state index contributed by atoms with van der Waals surface area (Å²) in [5, 5.41) is 9.96. The summed E-state index contributed by atoms with van der Waals surface area (Å²) < 4.78 is 40.8. The number of anilines is 2. The third-order valence-corrected chi connectivity index (χ3v) is 5.55. The molecule has 0 atom stereocenters. The molecule has 3 aromatic carbocycles. The number of aromatic nitrogens is 2. The van der Waals surface area contributed by atoms with Crippen molar-refractivity contribution in [3.8, 4) is 0 Å². The number of nitrogens with one attached hydrogen (secondary N) is 3. The molecule has 29 heavy (non-hydrogen) atoms. The molecule has 0 saturated carbocycles. The van der Waals surface area contributed by atoms with E-state index in [1.54, 1.807) is 30.3 Å². The highest BCUT2D eigenvalue weighted by molar-refractivity contribution is 7.92. The van der Waals surface area contributed by atoms with Gasteiger partial charge in [0.1, 0.15) is 5.82 Å². The van der Waals surface area contributed by atoms with Gasteiger partial charge < -0.3 is 5.32 Å². The van der Waals surface area contributed by atoms with Crippen molar-refractivity contribution < 1.29 is 17.6 Å². The van der Waals surface area contributed by atoms with Gasteiger partial charge in [0, 0.05) is 16.8 Å². The van der Waals surface area contributed by atoms with Crippen LogP contribution in [0.1, 0.15) is 10.5 Å². The van der Waals surface area contributed by atoms with Crippen LogP contribution in [0.4, 0.5) is 15.8 Å². The second-order valence-electron chi connectivity index (χ2n) is 6.22. The molecule has 7 nitrogen and oxygen atoms in total. The number of H-pyrrole nitrogens is 1. The van der Waals surface area contributed by atoms with Crippen LogP contribution in [0.2, 0.25) is 0 Å². The molecule has 0 aliphatic heterocycles. The van der Waals surface area contributed by atoms with Crippen LogP contribution >= 0.6 is 0 Å². The topological polar surface area (TPSA) is 104 Å². The molecule has 0 spiro atoms. The van der Waals surface area contributed by atoms with E-state index in [-0.39, 0.29) is 16.3 Å². The second-order valence-corrected chi connectivity index (χ2v) is 7.90. The van der Waals surface area contributed by atoms with Crippen LogP contribution in [-0.4, -0.2) is 24.5 Å². The van der Waals surface area contributed by atoms with Gasteiger partial charge in [-0.3, -0.25) is 14.6 Å². The fourth-order valence-electron chi connectivity index (χ4n) is 2.81. The minimum Gasteiger partial charge on any atom is -0.321 e. The van der Waals surface area contributed by atoms with Crippen molar-refractivity contribution in [1.82, 2.24) is 10.2 Å². The molecule has 0 radical (unpaired) electrons. The number of carbonyl (C=O) groups is 1. The van der Waals surface area contributed by atoms with Crippen molar-refractivity contribution in [2.45, 2.75) is 4.90 Å². The van der Waals surface area contributed by atoms with E-state index in [0.717, 1.165) is 12.1 Å². The molecule has 0 fully saturated rings. The van der Waals surface area contributed by atoms with Gasteiger partial charge in [-0.15, -0.1) is 0 Å².